The second-order valence-corrected chi connectivity index (χ2v) is 3.77. The standard InChI is InChI=1S/C5H3NO4.C2H6OS/c7-3-5-4(6(8)9)1-2-10-5;1-4(2)3/h1-3H;1-2H3. The van der Waals surface area contributed by atoms with Crippen LogP contribution in [0.4, 0.5) is 5.69 Å². The molecule has 78 valence electrons. The summed E-state index contributed by atoms with van der Waals surface area (Å²) in [5.41, 5.74) is -0.296. The highest BCUT2D eigenvalue weighted by atomic mass is 32.2. The van der Waals surface area contributed by atoms with Crippen molar-refractivity contribution < 1.29 is 18.3 Å². The van der Waals surface area contributed by atoms with Crippen LogP contribution in [0.1, 0.15) is 10.6 Å². The van der Waals surface area contributed by atoms with E-state index in [0.29, 0.717) is 6.29 Å². The molecule has 0 aliphatic carbocycles. The Balaban J connectivity index is 0.000000364. The van der Waals surface area contributed by atoms with Crippen LogP contribution < -0.4 is 0 Å². The fourth-order valence-corrected chi connectivity index (χ4v) is 0.553. The van der Waals surface area contributed by atoms with Crippen LogP contribution >= 0.6 is 0 Å². The minimum absolute atomic E-state index is 0.245. The Morgan fingerprint density at radius 2 is 2.07 bits per heavy atom. The minimum Gasteiger partial charge on any atom is -0.454 e. The predicted octanol–water partition coefficient (Wildman–Crippen LogP) is 0.995. The smallest absolute Gasteiger partial charge is 0.318 e. The minimum atomic E-state index is -0.673. The molecule has 0 spiro atoms. The number of carbonyl (C=O) groups excluding carboxylic acids is 1. The highest BCUT2D eigenvalue weighted by molar-refractivity contribution is 7.83. The van der Waals surface area contributed by atoms with Crippen molar-refractivity contribution in [1.82, 2.24) is 0 Å². The van der Waals surface area contributed by atoms with E-state index in [1.165, 1.54) is 0 Å². The topological polar surface area (TPSA) is 90.4 Å². The van der Waals surface area contributed by atoms with E-state index in [0.717, 1.165) is 12.3 Å². The summed E-state index contributed by atoms with van der Waals surface area (Å²) in [5, 5.41) is 10.0. The summed E-state index contributed by atoms with van der Waals surface area (Å²) in [5.74, 6) is -0.245. The van der Waals surface area contributed by atoms with Gasteiger partial charge >= 0.3 is 5.69 Å². The number of hydrogen-bond donors (Lipinski definition) is 0. The van der Waals surface area contributed by atoms with Crippen LogP contribution in [0.5, 0.6) is 0 Å². The number of aldehydes is 1. The number of hydrogen-bond acceptors (Lipinski definition) is 5. The van der Waals surface area contributed by atoms with Crippen molar-refractivity contribution in [3.63, 3.8) is 0 Å². The number of carbonyl (C=O) groups is 1. The summed E-state index contributed by atoms with van der Waals surface area (Å²) in [6.45, 7) is 0. The first-order valence-electron chi connectivity index (χ1n) is 3.41. The first-order valence-corrected chi connectivity index (χ1v) is 5.37. The van der Waals surface area contributed by atoms with Crippen molar-refractivity contribution in [2.45, 2.75) is 0 Å². The van der Waals surface area contributed by atoms with Crippen LogP contribution in [-0.2, 0) is 10.8 Å². The van der Waals surface area contributed by atoms with Gasteiger partial charge in [0.05, 0.1) is 17.3 Å². The highest BCUT2D eigenvalue weighted by Crippen LogP contribution is 2.16. The zero-order valence-corrected chi connectivity index (χ0v) is 8.45. The molecule has 0 saturated heterocycles. The van der Waals surface area contributed by atoms with E-state index in [1.54, 1.807) is 12.5 Å². The average Bonchev–Trinajstić information content (AvgIpc) is 2.49. The molecule has 0 amide bonds. The Kier molecular flexibility index (Phi) is 5.38. The molecule has 1 heterocycles. The first kappa shape index (κ1) is 12.5. The molecule has 1 aromatic rings. The molecule has 0 atom stereocenters. The van der Waals surface area contributed by atoms with Gasteiger partial charge in [-0.15, -0.1) is 0 Å². The largest absolute Gasteiger partial charge is 0.454 e. The summed E-state index contributed by atoms with van der Waals surface area (Å²) in [6.07, 6.45) is 4.68. The zero-order valence-electron chi connectivity index (χ0n) is 7.63. The third-order valence-electron chi connectivity index (χ3n) is 0.977. The van der Waals surface area contributed by atoms with Crippen molar-refractivity contribution in [2.24, 2.45) is 0 Å². The molecular formula is C7H9NO5S. The molecule has 0 fully saturated rings. The van der Waals surface area contributed by atoms with E-state index < -0.39 is 15.7 Å². The van der Waals surface area contributed by atoms with E-state index in [9.17, 15) is 19.1 Å². The Labute approximate surface area is 82.5 Å². The Bertz CT molecular complexity index is 342. The van der Waals surface area contributed by atoms with Gasteiger partial charge in [0.2, 0.25) is 5.76 Å². The van der Waals surface area contributed by atoms with Gasteiger partial charge in [-0.25, -0.2) is 0 Å². The molecule has 7 heteroatoms. The van der Waals surface area contributed by atoms with Gasteiger partial charge in [-0.1, -0.05) is 0 Å². The Morgan fingerprint density at radius 3 is 2.36 bits per heavy atom. The quantitative estimate of drug-likeness (QED) is 0.420. The SMILES string of the molecule is CS(C)=O.O=Cc1occc1[N+](=O)[O-]. The van der Waals surface area contributed by atoms with Crippen molar-refractivity contribution >= 4 is 22.8 Å². The highest BCUT2D eigenvalue weighted by Gasteiger charge is 2.15. The third-order valence-corrected chi connectivity index (χ3v) is 0.977. The molecule has 0 bridgehead atoms. The second kappa shape index (κ2) is 6.03. The molecule has 0 aliphatic rings. The van der Waals surface area contributed by atoms with Gasteiger partial charge in [0.15, 0.2) is 6.29 Å². The summed E-state index contributed by atoms with van der Waals surface area (Å²) in [7, 11) is -0.611. The predicted molar refractivity (Wildman–Crippen MR) is 50.7 cm³/mol. The molecule has 0 unspecified atom stereocenters. The van der Waals surface area contributed by atoms with Crippen molar-refractivity contribution in [2.75, 3.05) is 12.5 Å². The Hall–Kier alpha value is -1.50. The summed E-state index contributed by atoms with van der Waals surface area (Å²) < 4.78 is 14.0. The molecule has 0 radical (unpaired) electrons. The van der Waals surface area contributed by atoms with Crippen molar-refractivity contribution in [1.29, 1.82) is 0 Å². The first-order chi connectivity index (χ1) is 6.49. The lowest BCUT2D eigenvalue weighted by Crippen LogP contribution is -1.88. The van der Waals surface area contributed by atoms with Crippen LogP contribution in [-0.4, -0.2) is 27.9 Å². The number of furan rings is 1. The summed E-state index contributed by atoms with van der Waals surface area (Å²) >= 11 is 0. The summed E-state index contributed by atoms with van der Waals surface area (Å²) in [6, 6.07) is 1.13. The molecule has 0 aliphatic heterocycles. The lowest BCUT2D eigenvalue weighted by Gasteiger charge is -1.81. The van der Waals surface area contributed by atoms with E-state index in [4.69, 9.17) is 0 Å². The normalized spacial score (nSPS) is 9.07. The number of nitro groups is 1. The van der Waals surface area contributed by atoms with Gasteiger partial charge in [0, 0.05) is 23.3 Å². The van der Waals surface area contributed by atoms with Crippen LogP contribution in [0, 0.1) is 10.1 Å². The number of nitrogens with zero attached hydrogens (tertiary/aromatic N) is 1. The van der Waals surface area contributed by atoms with Gasteiger partial charge in [0.1, 0.15) is 0 Å². The van der Waals surface area contributed by atoms with Crippen molar-refractivity contribution in [3.8, 4) is 0 Å². The third kappa shape index (κ3) is 4.51. The van der Waals surface area contributed by atoms with Crippen LogP contribution in [0.25, 0.3) is 0 Å². The maximum atomic E-state index is 10.0. The lowest BCUT2D eigenvalue weighted by molar-refractivity contribution is -0.385. The lowest BCUT2D eigenvalue weighted by atomic mass is 10.4. The molecule has 0 N–H and O–H groups in total. The maximum Gasteiger partial charge on any atom is 0.318 e. The molecule has 1 rings (SSSR count). The average molecular weight is 219 g/mol. The van der Waals surface area contributed by atoms with Gasteiger partial charge in [0.25, 0.3) is 0 Å². The summed E-state index contributed by atoms with van der Waals surface area (Å²) in [4.78, 5) is 19.3. The van der Waals surface area contributed by atoms with Gasteiger partial charge in [-0.2, -0.15) is 0 Å². The van der Waals surface area contributed by atoms with Gasteiger partial charge in [-0.05, 0) is 0 Å². The zero-order chi connectivity index (χ0) is 11.1. The fraction of sp³-hybridized carbons (Fsp3) is 0.286. The number of rotatable bonds is 2. The Morgan fingerprint density at radius 1 is 1.57 bits per heavy atom. The second-order valence-electron chi connectivity index (χ2n) is 2.29. The van der Waals surface area contributed by atoms with Crippen LogP contribution in [0.15, 0.2) is 16.7 Å². The van der Waals surface area contributed by atoms with Crippen LogP contribution in [0.3, 0.4) is 0 Å². The van der Waals surface area contributed by atoms with Gasteiger partial charge in [-0.3, -0.25) is 19.1 Å². The molecule has 1 aromatic heterocycles. The molecule has 0 aromatic carbocycles. The van der Waals surface area contributed by atoms with E-state index in [1.807, 2.05) is 0 Å². The van der Waals surface area contributed by atoms with Crippen LogP contribution in [0.2, 0.25) is 0 Å². The van der Waals surface area contributed by atoms with E-state index >= 15 is 0 Å². The van der Waals surface area contributed by atoms with E-state index in [2.05, 4.69) is 4.42 Å². The molecule has 0 saturated carbocycles. The van der Waals surface area contributed by atoms with Gasteiger partial charge < -0.3 is 4.42 Å². The fourth-order valence-electron chi connectivity index (χ4n) is 0.553. The maximum absolute atomic E-state index is 10.0. The molecule has 6 nitrogen and oxygen atoms in total. The van der Waals surface area contributed by atoms with E-state index in [-0.39, 0.29) is 11.4 Å². The molecule has 14 heavy (non-hydrogen) atoms. The monoisotopic (exact) mass is 219 g/mol. The van der Waals surface area contributed by atoms with Crippen molar-refractivity contribution in [3.05, 3.63) is 28.2 Å². The molecular weight excluding hydrogens is 210 g/mol.